The lowest BCUT2D eigenvalue weighted by Crippen LogP contribution is -2.38. The molecule has 1 fully saturated rings. The molecule has 0 saturated carbocycles. The van der Waals surface area contributed by atoms with Crippen LogP contribution in [-0.4, -0.2) is 45.7 Å². The molecule has 0 N–H and O–H groups in total. The van der Waals surface area contributed by atoms with Crippen LogP contribution in [0.2, 0.25) is 5.02 Å². The van der Waals surface area contributed by atoms with Gasteiger partial charge in [-0.3, -0.25) is 0 Å². The zero-order valence-electron chi connectivity index (χ0n) is 13.5. The number of hydrogen-bond donors (Lipinski definition) is 0. The minimum Gasteiger partial charge on any atom is -0.472 e. The summed E-state index contributed by atoms with van der Waals surface area (Å²) in [4.78, 5) is 6.71. The fraction of sp³-hybridized carbons (Fsp3) is 0.333. The number of piperidine rings is 1. The molecule has 1 saturated heterocycles. The SMILES string of the molecule is CN1CCCC(Oc2ccc3ncc(-c4cccc(Cl)c4)n3n2)C1. The Bertz CT molecular complexity index is 863. The van der Waals surface area contributed by atoms with Crippen molar-refractivity contribution in [2.45, 2.75) is 18.9 Å². The zero-order valence-corrected chi connectivity index (χ0v) is 14.3. The van der Waals surface area contributed by atoms with Gasteiger partial charge in [0.05, 0.1) is 11.9 Å². The molecule has 3 heterocycles. The maximum atomic E-state index is 6.11. The molecule has 1 aliphatic heterocycles. The van der Waals surface area contributed by atoms with E-state index >= 15 is 0 Å². The first kappa shape index (κ1) is 15.4. The van der Waals surface area contributed by atoms with E-state index in [0.717, 1.165) is 42.8 Å². The molecule has 24 heavy (non-hydrogen) atoms. The standard InChI is InChI=1S/C18H19ClN4O/c1-22-9-3-6-15(12-22)24-18-8-7-17-20-11-16(23(17)21-18)13-4-2-5-14(19)10-13/h2,4-5,7-8,10-11,15H,3,6,9,12H2,1H3. The highest BCUT2D eigenvalue weighted by Gasteiger charge is 2.19. The summed E-state index contributed by atoms with van der Waals surface area (Å²) < 4.78 is 7.90. The van der Waals surface area contributed by atoms with Crippen LogP contribution in [-0.2, 0) is 0 Å². The summed E-state index contributed by atoms with van der Waals surface area (Å²) in [6.45, 7) is 2.07. The monoisotopic (exact) mass is 342 g/mol. The van der Waals surface area contributed by atoms with Crippen LogP contribution in [0, 0.1) is 0 Å². The topological polar surface area (TPSA) is 42.7 Å². The van der Waals surface area contributed by atoms with Crippen LogP contribution in [0.1, 0.15) is 12.8 Å². The first-order chi connectivity index (χ1) is 11.7. The predicted molar refractivity (Wildman–Crippen MR) is 94.6 cm³/mol. The highest BCUT2D eigenvalue weighted by molar-refractivity contribution is 6.30. The van der Waals surface area contributed by atoms with Gasteiger partial charge in [0.2, 0.25) is 5.88 Å². The fourth-order valence-corrected chi connectivity index (χ4v) is 3.34. The molecule has 1 atom stereocenters. The maximum Gasteiger partial charge on any atom is 0.232 e. The molecule has 1 aliphatic rings. The van der Waals surface area contributed by atoms with Crippen LogP contribution >= 0.6 is 11.6 Å². The Balaban J connectivity index is 1.66. The maximum absolute atomic E-state index is 6.11. The van der Waals surface area contributed by atoms with E-state index in [2.05, 4.69) is 22.0 Å². The summed E-state index contributed by atoms with van der Waals surface area (Å²) >= 11 is 6.11. The highest BCUT2D eigenvalue weighted by Crippen LogP contribution is 2.24. The molecule has 3 aromatic rings. The molecule has 0 amide bonds. The number of imidazole rings is 1. The Kier molecular flexibility index (Phi) is 4.12. The van der Waals surface area contributed by atoms with Gasteiger partial charge in [-0.15, -0.1) is 5.10 Å². The molecule has 4 rings (SSSR count). The molecular formula is C18H19ClN4O. The number of aromatic nitrogens is 3. The van der Waals surface area contributed by atoms with Crippen molar-refractivity contribution in [3.05, 3.63) is 47.6 Å². The lowest BCUT2D eigenvalue weighted by Gasteiger charge is -2.29. The lowest BCUT2D eigenvalue weighted by atomic mass is 10.1. The zero-order chi connectivity index (χ0) is 16.5. The summed E-state index contributed by atoms with van der Waals surface area (Å²) in [6, 6.07) is 11.5. The Labute approximate surface area is 145 Å². The molecule has 1 aromatic carbocycles. The Morgan fingerprint density at radius 1 is 1.25 bits per heavy atom. The summed E-state index contributed by atoms with van der Waals surface area (Å²) in [5, 5.41) is 5.33. The van der Waals surface area contributed by atoms with Crippen LogP contribution in [0.3, 0.4) is 0 Å². The van der Waals surface area contributed by atoms with Crippen LogP contribution in [0.25, 0.3) is 16.9 Å². The number of rotatable bonds is 3. The molecule has 0 bridgehead atoms. The van der Waals surface area contributed by atoms with Gasteiger partial charge >= 0.3 is 0 Å². The molecule has 124 valence electrons. The van der Waals surface area contributed by atoms with Crippen LogP contribution in [0.5, 0.6) is 5.88 Å². The van der Waals surface area contributed by atoms with Gasteiger partial charge in [-0.1, -0.05) is 23.7 Å². The second-order valence-electron chi connectivity index (χ2n) is 6.24. The van der Waals surface area contributed by atoms with Crippen molar-refractivity contribution >= 4 is 17.2 Å². The van der Waals surface area contributed by atoms with Crippen molar-refractivity contribution in [1.82, 2.24) is 19.5 Å². The van der Waals surface area contributed by atoms with Crippen LogP contribution in [0.15, 0.2) is 42.6 Å². The van der Waals surface area contributed by atoms with E-state index in [9.17, 15) is 0 Å². The summed E-state index contributed by atoms with van der Waals surface area (Å²) in [6.07, 6.45) is 4.22. The molecule has 2 aromatic heterocycles. The number of nitrogens with zero attached hydrogens (tertiary/aromatic N) is 4. The number of likely N-dealkylation sites (tertiary alicyclic amines) is 1. The number of halogens is 1. The first-order valence-electron chi connectivity index (χ1n) is 8.15. The number of likely N-dealkylation sites (N-methyl/N-ethyl adjacent to an activating group) is 1. The van der Waals surface area contributed by atoms with Crippen molar-refractivity contribution in [1.29, 1.82) is 0 Å². The lowest BCUT2D eigenvalue weighted by molar-refractivity contribution is 0.0988. The number of fused-ring (bicyclic) bond motifs is 1. The van der Waals surface area contributed by atoms with Gasteiger partial charge < -0.3 is 9.64 Å². The third kappa shape index (κ3) is 3.09. The Morgan fingerprint density at radius 3 is 3.00 bits per heavy atom. The van der Waals surface area contributed by atoms with Gasteiger partial charge in [-0.25, -0.2) is 9.50 Å². The minimum atomic E-state index is 0.187. The summed E-state index contributed by atoms with van der Waals surface area (Å²) in [7, 11) is 2.12. The number of benzene rings is 1. The van der Waals surface area contributed by atoms with Gasteiger partial charge in [-0.05, 0) is 44.6 Å². The summed E-state index contributed by atoms with van der Waals surface area (Å²) in [5.74, 6) is 0.629. The van der Waals surface area contributed by atoms with E-state index in [0.29, 0.717) is 10.9 Å². The second-order valence-corrected chi connectivity index (χ2v) is 6.68. The molecular weight excluding hydrogens is 324 g/mol. The third-order valence-electron chi connectivity index (χ3n) is 4.33. The van der Waals surface area contributed by atoms with E-state index < -0.39 is 0 Å². The van der Waals surface area contributed by atoms with Crippen LogP contribution in [0.4, 0.5) is 0 Å². The van der Waals surface area contributed by atoms with Gasteiger partial charge in [0.25, 0.3) is 0 Å². The Hall–Kier alpha value is -2.11. The van der Waals surface area contributed by atoms with Crippen molar-refractivity contribution in [2.24, 2.45) is 0 Å². The van der Waals surface area contributed by atoms with Crippen molar-refractivity contribution in [3.8, 4) is 17.1 Å². The third-order valence-corrected chi connectivity index (χ3v) is 4.56. The van der Waals surface area contributed by atoms with E-state index in [-0.39, 0.29) is 6.10 Å². The highest BCUT2D eigenvalue weighted by atomic mass is 35.5. The number of ether oxygens (including phenoxy) is 1. The largest absolute Gasteiger partial charge is 0.472 e. The first-order valence-corrected chi connectivity index (χ1v) is 8.53. The molecule has 0 radical (unpaired) electrons. The van der Waals surface area contributed by atoms with E-state index in [1.165, 1.54) is 0 Å². The van der Waals surface area contributed by atoms with Crippen molar-refractivity contribution in [2.75, 3.05) is 20.1 Å². The van der Waals surface area contributed by atoms with E-state index in [1.807, 2.05) is 47.1 Å². The van der Waals surface area contributed by atoms with E-state index in [1.54, 1.807) is 0 Å². The van der Waals surface area contributed by atoms with Crippen molar-refractivity contribution < 1.29 is 4.74 Å². The van der Waals surface area contributed by atoms with Crippen molar-refractivity contribution in [3.63, 3.8) is 0 Å². The smallest absolute Gasteiger partial charge is 0.232 e. The average molecular weight is 343 g/mol. The fourth-order valence-electron chi connectivity index (χ4n) is 3.15. The molecule has 0 spiro atoms. The average Bonchev–Trinajstić information content (AvgIpc) is 2.98. The minimum absolute atomic E-state index is 0.187. The molecule has 0 aliphatic carbocycles. The predicted octanol–water partition coefficient (Wildman–Crippen LogP) is 3.52. The molecule has 6 heteroatoms. The van der Waals surface area contributed by atoms with Gasteiger partial charge in [0, 0.05) is 23.2 Å². The second kappa shape index (κ2) is 6.42. The normalized spacial score (nSPS) is 18.8. The summed E-state index contributed by atoms with van der Waals surface area (Å²) in [5.41, 5.74) is 2.67. The molecule has 5 nitrogen and oxygen atoms in total. The van der Waals surface area contributed by atoms with Crippen LogP contribution < -0.4 is 4.74 Å². The van der Waals surface area contributed by atoms with Gasteiger partial charge in [0.15, 0.2) is 5.65 Å². The van der Waals surface area contributed by atoms with E-state index in [4.69, 9.17) is 16.3 Å². The van der Waals surface area contributed by atoms with Gasteiger partial charge in [-0.2, -0.15) is 0 Å². The number of hydrogen-bond acceptors (Lipinski definition) is 4. The van der Waals surface area contributed by atoms with Gasteiger partial charge in [0.1, 0.15) is 6.10 Å². The molecule has 1 unspecified atom stereocenters. The quantitative estimate of drug-likeness (QED) is 0.730. The Morgan fingerprint density at radius 2 is 2.17 bits per heavy atom.